The molecule has 0 N–H and O–H groups in total. The Bertz CT molecular complexity index is 1230. The lowest BCUT2D eigenvalue weighted by Crippen LogP contribution is -2.23. The Kier molecular flexibility index (Phi) is 32.1. The second-order valence-corrected chi connectivity index (χ2v) is 21.5. The van der Waals surface area contributed by atoms with E-state index in [1.54, 1.807) is 63.4 Å². The van der Waals surface area contributed by atoms with E-state index in [-0.39, 0.29) is 7.43 Å². The highest BCUT2D eigenvalue weighted by Gasteiger charge is 2.35. The summed E-state index contributed by atoms with van der Waals surface area (Å²) in [5, 5.41) is 0. The van der Waals surface area contributed by atoms with Gasteiger partial charge in [0.1, 0.15) is 0 Å². The van der Waals surface area contributed by atoms with Crippen molar-refractivity contribution in [2.24, 2.45) is 82.9 Å². The zero-order valence-electron chi connectivity index (χ0n) is 44.6. The lowest BCUT2D eigenvalue weighted by Gasteiger charge is -2.35. The highest BCUT2D eigenvalue weighted by Crippen LogP contribution is 2.47. The van der Waals surface area contributed by atoms with Crippen LogP contribution in [0, 0.1) is 82.9 Å². The van der Waals surface area contributed by atoms with E-state index in [2.05, 4.69) is 75.5 Å². The lowest BCUT2D eigenvalue weighted by molar-refractivity contribution is 0.229. The molecule has 0 heterocycles. The van der Waals surface area contributed by atoms with E-state index in [1.165, 1.54) is 134 Å². The second-order valence-electron chi connectivity index (χ2n) is 21.5. The molecule has 4 bridgehead atoms. The molecule has 12 aliphatic rings. The van der Waals surface area contributed by atoms with Gasteiger partial charge in [-0.05, 0) is 192 Å². The van der Waals surface area contributed by atoms with Gasteiger partial charge in [-0.15, -0.1) is 0 Å². The Morgan fingerprint density at radius 3 is 1.55 bits per heavy atom. The van der Waals surface area contributed by atoms with Crippen molar-refractivity contribution in [2.45, 2.75) is 263 Å². The zero-order chi connectivity index (χ0) is 45.8. The first kappa shape index (κ1) is 58.8. The van der Waals surface area contributed by atoms with E-state index in [9.17, 15) is 0 Å². The number of hydrogen-bond donors (Lipinski definition) is 0. The summed E-state index contributed by atoms with van der Waals surface area (Å²) >= 11 is 0. The third-order valence-electron chi connectivity index (χ3n) is 17.6. The van der Waals surface area contributed by atoms with Gasteiger partial charge in [-0.3, -0.25) is 0 Å². The summed E-state index contributed by atoms with van der Waals surface area (Å²) in [6.07, 6.45) is 63.1. The summed E-state index contributed by atoms with van der Waals surface area (Å²) < 4.78 is 0. The van der Waals surface area contributed by atoms with Gasteiger partial charge in [0.05, 0.1) is 0 Å². The minimum absolute atomic E-state index is 0. The number of hydrogen-bond acceptors (Lipinski definition) is 0. The van der Waals surface area contributed by atoms with Gasteiger partial charge >= 0.3 is 0 Å². The van der Waals surface area contributed by atoms with Crippen molar-refractivity contribution in [3.8, 4) is 0 Å². The van der Waals surface area contributed by atoms with Crippen LogP contribution < -0.4 is 0 Å². The fourth-order valence-corrected chi connectivity index (χ4v) is 14.1. The molecule has 0 radical (unpaired) electrons. The van der Waals surface area contributed by atoms with E-state index in [0.29, 0.717) is 0 Å². The van der Waals surface area contributed by atoms with Crippen molar-refractivity contribution < 1.29 is 0 Å². The van der Waals surface area contributed by atoms with Crippen LogP contribution in [0.5, 0.6) is 0 Å². The topological polar surface area (TPSA) is 0 Å². The molecule has 7 fully saturated rings. The molecule has 7 saturated carbocycles. The van der Waals surface area contributed by atoms with Gasteiger partial charge in [0.2, 0.25) is 0 Å². The molecule has 12 aliphatic carbocycles. The van der Waals surface area contributed by atoms with Crippen molar-refractivity contribution in [3.05, 3.63) is 60.3 Å². The smallest absolute Gasteiger partial charge is 0.00173 e. The first-order valence-electron chi connectivity index (χ1n) is 29.4. The van der Waals surface area contributed by atoms with Crippen LogP contribution in [0.15, 0.2) is 60.3 Å². The molecule has 0 saturated heterocycles. The van der Waals surface area contributed by atoms with E-state index in [4.69, 9.17) is 0 Å². The van der Waals surface area contributed by atoms with E-state index in [1.807, 2.05) is 55.4 Å². The maximum absolute atomic E-state index is 2.52. The minimum Gasteiger partial charge on any atom is -0.0882 e. The Balaban J connectivity index is 0.000000257. The Morgan fingerprint density at radius 1 is 0.453 bits per heavy atom. The number of rotatable bonds is 2. The third-order valence-corrected chi connectivity index (χ3v) is 17.6. The maximum atomic E-state index is 2.52. The van der Waals surface area contributed by atoms with Gasteiger partial charge < -0.3 is 0 Å². The molecule has 0 amide bonds. The van der Waals surface area contributed by atoms with Gasteiger partial charge in [0.25, 0.3) is 0 Å². The molecule has 0 heteroatoms. The molecule has 0 aliphatic heterocycles. The SMILES string of the molecule is C.C1=CC2CCC1C2.C1=CC2CCCC2CC1.C1CC2CCC1C2.CC.CC.CC.CC.CC1CC2CCCC2C1.CCC1C=CC2CCCCC2C1.CCC1CC=C2CC=CC2C1. The van der Waals surface area contributed by atoms with E-state index in [0.717, 1.165) is 71.0 Å². The predicted molar refractivity (Wildman–Crippen MR) is 292 cm³/mol. The average Bonchev–Trinajstić information content (AvgIpc) is 4.23. The summed E-state index contributed by atoms with van der Waals surface area (Å²) in [6.45, 7) is 23.0. The van der Waals surface area contributed by atoms with Crippen LogP contribution in [0.4, 0.5) is 0 Å². The van der Waals surface area contributed by atoms with E-state index < -0.39 is 0 Å². The van der Waals surface area contributed by atoms with Crippen molar-refractivity contribution in [1.29, 1.82) is 0 Å². The molecule has 0 aromatic heterocycles. The predicted octanol–water partition coefficient (Wildman–Crippen LogP) is 21.6. The van der Waals surface area contributed by atoms with Gasteiger partial charge in [-0.25, -0.2) is 0 Å². The monoisotopic (exact) mass is 885 g/mol. The molecular formula is C64H116. The highest BCUT2D eigenvalue weighted by molar-refractivity contribution is 5.25. The van der Waals surface area contributed by atoms with Gasteiger partial charge in [-0.2, -0.15) is 0 Å². The third kappa shape index (κ3) is 19.7. The van der Waals surface area contributed by atoms with Crippen LogP contribution in [0.2, 0.25) is 0 Å². The molecule has 64 heavy (non-hydrogen) atoms. The van der Waals surface area contributed by atoms with Crippen LogP contribution in [-0.4, -0.2) is 0 Å². The molecule has 0 aromatic carbocycles. The molecule has 11 atom stereocenters. The van der Waals surface area contributed by atoms with Crippen LogP contribution in [-0.2, 0) is 0 Å². The normalized spacial score (nSPS) is 37.1. The summed E-state index contributed by atoms with van der Waals surface area (Å²) in [4.78, 5) is 0. The quantitative estimate of drug-likeness (QED) is 0.242. The van der Waals surface area contributed by atoms with E-state index >= 15 is 0 Å². The fourth-order valence-electron chi connectivity index (χ4n) is 14.1. The first-order chi connectivity index (χ1) is 31.0. The zero-order valence-corrected chi connectivity index (χ0v) is 44.6. The molecule has 0 nitrogen and oxygen atoms in total. The van der Waals surface area contributed by atoms with Gasteiger partial charge in [-0.1, -0.05) is 214 Å². The van der Waals surface area contributed by atoms with Crippen LogP contribution in [0.3, 0.4) is 0 Å². The summed E-state index contributed by atoms with van der Waals surface area (Å²) in [6, 6.07) is 0. The fraction of sp³-hybridized carbons (Fsp3) is 0.844. The summed E-state index contributed by atoms with van der Waals surface area (Å²) in [5.74, 6) is 14.5. The van der Waals surface area contributed by atoms with Crippen molar-refractivity contribution in [1.82, 2.24) is 0 Å². The molecular weight excluding hydrogens is 769 g/mol. The summed E-state index contributed by atoms with van der Waals surface area (Å²) in [7, 11) is 0. The standard InChI is InChI=1S/C12H20.C11H16.C9H16.C9H14.C7H12.C7H10.4C2H6.CH4/c1-2-10-7-8-11-5-3-4-6-12(11)9-10;1-2-9-6-7-10-4-3-5-11(10)8-9;1-7-5-8-3-2-4-9(8)6-7;1-2-5-9-7-3-6-8(9)4-1;2*1-2-7-4-3-6(1)5-7;4*1-2;/h7-8,10-12H,2-6,9H2,1H3;3,5,7,9,11H,2,4,6,8H2,1H3;7-9H,2-6H2,1H3;1,4,8-9H,2-3,5-7H2;6-7H,1-5H2;1-2,6-7H,3-5H2;4*1-2H3;1H4. The minimum atomic E-state index is 0. The largest absolute Gasteiger partial charge is 0.0882 e. The van der Waals surface area contributed by atoms with Crippen LogP contribution in [0.25, 0.3) is 0 Å². The molecule has 12 rings (SSSR count). The van der Waals surface area contributed by atoms with Crippen LogP contribution in [0.1, 0.15) is 263 Å². The van der Waals surface area contributed by atoms with Crippen molar-refractivity contribution >= 4 is 0 Å². The molecule has 0 aromatic rings. The van der Waals surface area contributed by atoms with Crippen LogP contribution >= 0.6 is 0 Å². The second kappa shape index (κ2) is 34.9. The Hall–Kier alpha value is -1.30. The maximum Gasteiger partial charge on any atom is -0.00173 e. The Morgan fingerprint density at radius 2 is 1.02 bits per heavy atom. The van der Waals surface area contributed by atoms with Gasteiger partial charge in [0.15, 0.2) is 0 Å². The Labute approximate surface area is 404 Å². The highest BCUT2D eigenvalue weighted by atomic mass is 14.4. The first-order valence-corrected chi connectivity index (χ1v) is 29.4. The molecule has 372 valence electrons. The van der Waals surface area contributed by atoms with Crippen molar-refractivity contribution in [2.75, 3.05) is 0 Å². The summed E-state index contributed by atoms with van der Waals surface area (Å²) in [5.41, 5.74) is 1.69. The van der Waals surface area contributed by atoms with Gasteiger partial charge in [0, 0.05) is 0 Å². The lowest BCUT2D eigenvalue weighted by atomic mass is 9.71. The average molecular weight is 886 g/mol. The molecule has 0 spiro atoms. The van der Waals surface area contributed by atoms with Crippen molar-refractivity contribution in [3.63, 3.8) is 0 Å². The number of fused-ring (bicyclic) bond motifs is 8. The molecule has 11 unspecified atom stereocenters. The number of allylic oxidation sites excluding steroid dienone is 10.